The first-order valence-electron chi connectivity index (χ1n) is 6.87. The van der Waals surface area contributed by atoms with Gasteiger partial charge in [-0.3, -0.25) is 4.79 Å². The van der Waals surface area contributed by atoms with E-state index in [1.165, 1.54) is 23.5 Å². The topological polar surface area (TPSA) is 51.2 Å². The molecule has 1 amide bonds. The number of aromatic nitrogens is 1. The van der Waals surface area contributed by atoms with Crippen molar-refractivity contribution in [2.24, 2.45) is 0 Å². The van der Waals surface area contributed by atoms with E-state index in [4.69, 9.17) is 4.74 Å². The number of amides is 1. The van der Waals surface area contributed by atoms with Gasteiger partial charge in [0, 0.05) is 16.6 Å². The fourth-order valence-corrected chi connectivity index (χ4v) is 2.51. The number of anilines is 1. The first kappa shape index (κ1) is 15.2. The minimum Gasteiger partial charge on any atom is -0.487 e. The van der Waals surface area contributed by atoms with E-state index < -0.39 is 5.82 Å². The number of nitrogens with one attached hydrogen (secondary N) is 1. The summed E-state index contributed by atoms with van der Waals surface area (Å²) >= 11 is 1.50. The zero-order valence-corrected chi connectivity index (χ0v) is 12.8. The molecule has 3 aromatic rings. The van der Waals surface area contributed by atoms with Crippen molar-refractivity contribution >= 4 is 22.9 Å². The van der Waals surface area contributed by atoms with Gasteiger partial charge in [-0.2, -0.15) is 0 Å². The molecule has 0 bridgehead atoms. The summed E-state index contributed by atoms with van der Waals surface area (Å²) in [5.41, 5.74) is 3.42. The van der Waals surface area contributed by atoms with Gasteiger partial charge in [-0.25, -0.2) is 9.37 Å². The van der Waals surface area contributed by atoms with Crippen LogP contribution in [0, 0.1) is 5.82 Å². The molecule has 2 aromatic carbocycles. The van der Waals surface area contributed by atoms with Crippen molar-refractivity contribution in [2.45, 2.75) is 6.61 Å². The zero-order chi connectivity index (χ0) is 16.1. The lowest BCUT2D eigenvalue weighted by molar-refractivity contribution is 0.102. The molecule has 4 nitrogen and oxygen atoms in total. The van der Waals surface area contributed by atoms with Gasteiger partial charge in [-0.05, 0) is 36.4 Å². The minimum atomic E-state index is -0.400. The number of nitrogens with zero attached hydrogens (tertiary/aromatic N) is 1. The number of halogens is 1. The molecular weight excluding hydrogens is 315 g/mol. The van der Waals surface area contributed by atoms with Gasteiger partial charge in [-0.15, -0.1) is 11.3 Å². The molecule has 0 radical (unpaired) electrons. The van der Waals surface area contributed by atoms with E-state index in [1.54, 1.807) is 41.9 Å². The molecule has 6 heteroatoms. The maximum absolute atomic E-state index is 13.1. The number of ether oxygens (including phenoxy) is 1. The molecule has 23 heavy (non-hydrogen) atoms. The maximum atomic E-state index is 13.1. The molecule has 0 spiro atoms. The zero-order valence-electron chi connectivity index (χ0n) is 12.0. The fraction of sp³-hybridized carbons (Fsp3) is 0.0588. The van der Waals surface area contributed by atoms with Gasteiger partial charge in [-0.1, -0.05) is 12.1 Å². The normalized spacial score (nSPS) is 10.3. The highest BCUT2D eigenvalue weighted by molar-refractivity contribution is 7.07. The molecule has 0 aliphatic carbocycles. The van der Waals surface area contributed by atoms with Gasteiger partial charge < -0.3 is 10.1 Å². The summed E-state index contributed by atoms with van der Waals surface area (Å²) in [6.45, 7) is 0.346. The third-order valence-corrected chi connectivity index (χ3v) is 3.68. The first-order chi connectivity index (χ1) is 11.2. The predicted molar refractivity (Wildman–Crippen MR) is 87.2 cm³/mol. The van der Waals surface area contributed by atoms with Crippen molar-refractivity contribution in [1.29, 1.82) is 0 Å². The number of thiazole rings is 1. The van der Waals surface area contributed by atoms with Crippen molar-refractivity contribution in [3.05, 3.63) is 76.5 Å². The molecule has 0 saturated carbocycles. The standard InChI is InChI=1S/C17H13FN2O2S/c18-13-4-2-5-14(8-13)20-17(21)12-3-1-6-16(7-12)22-9-15-10-23-11-19-15/h1-8,10-11H,9H2,(H,20,21). The fourth-order valence-electron chi connectivity index (χ4n) is 1.96. The smallest absolute Gasteiger partial charge is 0.255 e. The Bertz CT molecular complexity index is 806. The highest BCUT2D eigenvalue weighted by atomic mass is 32.1. The number of carbonyl (C=O) groups excluding carboxylic acids is 1. The van der Waals surface area contributed by atoms with Crippen LogP contribution >= 0.6 is 11.3 Å². The summed E-state index contributed by atoms with van der Waals surface area (Å²) in [6.07, 6.45) is 0. The Morgan fingerprint density at radius 3 is 2.87 bits per heavy atom. The molecule has 1 aromatic heterocycles. The van der Waals surface area contributed by atoms with Crippen LogP contribution in [0.4, 0.5) is 10.1 Å². The van der Waals surface area contributed by atoms with E-state index in [-0.39, 0.29) is 5.91 Å². The Hall–Kier alpha value is -2.73. The summed E-state index contributed by atoms with van der Waals surface area (Å²) in [7, 11) is 0. The molecule has 0 aliphatic heterocycles. The molecule has 0 unspecified atom stereocenters. The summed E-state index contributed by atoms with van der Waals surface area (Å²) in [5.74, 6) is -0.150. The van der Waals surface area contributed by atoms with Gasteiger partial charge in [0.1, 0.15) is 18.2 Å². The lowest BCUT2D eigenvalue weighted by atomic mass is 10.2. The van der Waals surface area contributed by atoms with E-state index in [0.29, 0.717) is 23.6 Å². The third kappa shape index (κ3) is 4.14. The van der Waals surface area contributed by atoms with Crippen LogP contribution < -0.4 is 10.1 Å². The van der Waals surface area contributed by atoms with Crippen molar-refractivity contribution in [2.75, 3.05) is 5.32 Å². The summed E-state index contributed by atoms with van der Waals surface area (Å²) < 4.78 is 18.8. The van der Waals surface area contributed by atoms with Crippen LogP contribution in [-0.2, 0) is 6.61 Å². The lowest BCUT2D eigenvalue weighted by Crippen LogP contribution is -2.12. The molecule has 0 fully saturated rings. The molecule has 3 rings (SSSR count). The number of hydrogen-bond acceptors (Lipinski definition) is 4. The van der Waals surface area contributed by atoms with Gasteiger partial charge in [0.05, 0.1) is 11.2 Å². The second kappa shape index (κ2) is 7.02. The highest BCUT2D eigenvalue weighted by Crippen LogP contribution is 2.17. The van der Waals surface area contributed by atoms with E-state index in [1.807, 2.05) is 5.38 Å². The molecule has 0 aliphatic rings. The SMILES string of the molecule is O=C(Nc1cccc(F)c1)c1cccc(OCc2cscn2)c1. The summed E-state index contributed by atoms with van der Waals surface area (Å²) in [6, 6.07) is 12.6. The quantitative estimate of drug-likeness (QED) is 0.767. The van der Waals surface area contributed by atoms with Gasteiger partial charge in [0.15, 0.2) is 0 Å². The second-order valence-corrected chi connectivity index (χ2v) is 5.48. The Balaban J connectivity index is 1.67. The van der Waals surface area contributed by atoms with Crippen LogP contribution in [0.3, 0.4) is 0 Å². The van der Waals surface area contributed by atoms with E-state index in [9.17, 15) is 9.18 Å². The van der Waals surface area contributed by atoms with E-state index >= 15 is 0 Å². The average molecular weight is 328 g/mol. The molecule has 1 N–H and O–H groups in total. The van der Waals surface area contributed by atoms with Crippen LogP contribution in [0.5, 0.6) is 5.75 Å². The molecular formula is C17H13FN2O2S. The van der Waals surface area contributed by atoms with Crippen LogP contribution in [0.25, 0.3) is 0 Å². The Morgan fingerprint density at radius 2 is 2.09 bits per heavy atom. The molecule has 1 heterocycles. The predicted octanol–water partition coefficient (Wildman–Crippen LogP) is 4.11. The molecule has 0 atom stereocenters. The van der Waals surface area contributed by atoms with Crippen LogP contribution in [0.1, 0.15) is 16.1 Å². The van der Waals surface area contributed by atoms with Crippen molar-refractivity contribution < 1.29 is 13.9 Å². The molecule has 0 saturated heterocycles. The Morgan fingerprint density at radius 1 is 1.22 bits per heavy atom. The third-order valence-electron chi connectivity index (χ3n) is 3.05. The second-order valence-electron chi connectivity index (χ2n) is 4.76. The first-order valence-corrected chi connectivity index (χ1v) is 7.82. The Kier molecular flexibility index (Phi) is 4.63. The van der Waals surface area contributed by atoms with E-state index in [2.05, 4.69) is 10.3 Å². The highest BCUT2D eigenvalue weighted by Gasteiger charge is 2.08. The van der Waals surface area contributed by atoms with Crippen LogP contribution in [0.2, 0.25) is 0 Å². The number of rotatable bonds is 5. The van der Waals surface area contributed by atoms with E-state index in [0.717, 1.165) is 5.69 Å². The van der Waals surface area contributed by atoms with Crippen molar-refractivity contribution in [3.63, 3.8) is 0 Å². The molecule has 116 valence electrons. The minimum absolute atomic E-state index is 0.324. The average Bonchev–Trinajstić information content (AvgIpc) is 3.07. The van der Waals surface area contributed by atoms with Crippen molar-refractivity contribution in [1.82, 2.24) is 4.98 Å². The maximum Gasteiger partial charge on any atom is 0.255 e. The lowest BCUT2D eigenvalue weighted by Gasteiger charge is -2.08. The monoisotopic (exact) mass is 328 g/mol. The number of hydrogen-bond donors (Lipinski definition) is 1. The van der Waals surface area contributed by atoms with Gasteiger partial charge in [0.2, 0.25) is 0 Å². The number of benzene rings is 2. The van der Waals surface area contributed by atoms with Crippen LogP contribution in [-0.4, -0.2) is 10.9 Å². The summed E-state index contributed by atoms with van der Waals surface area (Å²) in [4.78, 5) is 16.3. The summed E-state index contributed by atoms with van der Waals surface area (Å²) in [5, 5.41) is 4.55. The number of carbonyl (C=O) groups is 1. The van der Waals surface area contributed by atoms with Crippen molar-refractivity contribution in [3.8, 4) is 5.75 Å². The van der Waals surface area contributed by atoms with Crippen LogP contribution in [0.15, 0.2) is 59.4 Å². The van der Waals surface area contributed by atoms with Gasteiger partial charge >= 0.3 is 0 Å². The van der Waals surface area contributed by atoms with Gasteiger partial charge in [0.25, 0.3) is 5.91 Å². The Labute approximate surface area is 136 Å². The largest absolute Gasteiger partial charge is 0.487 e.